The fourth-order valence-electron chi connectivity index (χ4n) is 3.48. The Hall–Kier alpha value is -3.26. The number of ether oxygens (including phenoxy) is 1. The van der Waals surface area contributed by atoms with Crippen LogP contribution in [0, 0.1) is 0 Å². The van der Waals surface area contributed by atoms with Gasteiger partial charge in [-0.3, -0.25) is 19.7 Å². The predicted octanol–water partition coefficient (Wildman–Crippen LogP) is 2.93. The molecule has 1 heterocycles. The van der Waals surface area contributed by atoms with Crippen LogP contribution in [0.25, 0.3) is 0 Å². The van der Waals surface area contributed by atoms with Crippen LogP contribution in [0.5, 0.6) is 0 Å². The molecule has 1 atom stereocenters. The molecule has 0 radical (unpaired) electrons. The number of carbonyl (C=O) groups excluding carboxylic acids is 3. The summed E-state index contributed by atoms with van der Waals surface area (Å²) in [5, 5.41) is 5.54. The minimum atomic E-state index is -0.849. The molecule has 1 fully saturated rings. The molecule has 0 aliphatic carbocycles. The summed E-state index contributed by atoms with van der Waals surface area (Å²) in [6, 6.07) is 15.8. The lowest BCUT2D eigenvalue weighted by Crippen LogP contribution is -2.60. The highest BCUT2D eigenvalue weighted by atomic mass is 32.1. The molecule has 2 amide bonds. The summed E-state index contributed by atoms with van der Waals surface area (Å²) in [6.07, 6.45) is -0.172. The van der Waals surface area contributed by atoms with Crippen LogP contribution in [0.2, 0.25) is 0 Å². The number of benzene rings is 2. The lowest BCUT2D eigenvalue weighted by Gasteiger charge is -2.36. The zero-order chi connectivity index (χ0) is 24.0. The molecule has 0 aromatic heterocycles. The summed E-state index contributed by atoms with van der Waals surface area (Å²) in [7, 11) is 0. The van der Waals surface area contributed by atoms with Crippen LogP contribution in [0.3, 0.4) is 0 Å². The number of amides is 2. The van der Waals surface area contributed by atoms with Crippen LogP contribution in [0.4, 0.5) is 0 Å². The summed E-state index contributed by atoms with van der Waals surface area (Å²) in [5.74, 6) is -1.21. The van der Waals surface area contributed by atoms with Crippen molar-refractivity contribution in [1.82, 2.24) is 15.5 Å². The van der Waals surface area contributed by atoms with Crippen molar-refractivity contribution in [2.45, 2.75) is 45.3 Å². The first-order valence-corrected chi connectivity index (χ1v) is 11.3. The molecular weight excluding hydrogens is 438 g/mol. The predicted molar refractivity (Wildman–Crippen MR) is 130 cm³/mol. The number of esters is 1. The van der Waals surface area contributed by atoms with Gasteiger partial charge in [0.15, 0.2) is 5.11 Å². The van der Waals surface area contributed by atoms with Crippen molar-refractivity contribution in [2.24, 2.45) is 0 Å². The van der Waals surface area contributed by atoms with E-state index in [4.69, 9.17) is 17.0 Å². The third-order valence-corrected chi connectivity index (χ3v) is 5.76. The smallest absolute Gasteiger partial charge is 0.308 e. The summed E-state index contributed by atoms with van der Waals surface area (Å²) < 4.78 is 5.32. The monoisotopic (exact) mass is 467 g/mol. The Morgan fingerprint density at radius 3 is 2.42 bits per heavy atom. The topological polar surface area (TPSA) is 87.7 Å². The number of carbonyl (C=O) groups is 3. The SMILES string of the molecule is CC(C)(C)c1ccc(C(=O)NC(=S)N2CCNC(=O)C2CC(=O)OCc2ccccc2)cc1. The molecule has 2 aromatic rings. The van der Waals surface area contributed by atoms with Crippen LogP contribution in [0.15, 0.2) is 54.6 Å². The second-order valence-corrected chi connectivity index (χ2v) is 9.32. The van der Waals surface area contributed by atoms with Crippen molar-refractivity contribution in [3.8, 4) is 0 Å². The van der Waals surface area contributed by atoms with Crippen LogP contribution in [-0.4, -0.2) is 46.9 Å². The van der Waals surface area contributed by atoms with Crippen molar-refractivity contribution < 1.29 is 19.1 Å². The lowest BCUT2D eigenvalue weighted by atomic mass is 9.87. The number of rotatable bonds is 5. The molecule has 0 bridgehead atoms. The second kappa shape index (κ2) is 10.6. The Morgan fingerprint density at radius 1 is 1.12 bits per heavy atom. The van der Waals surface area contributed by atoms with E-state index in [9.17, 15) is 14.4 Å². The van der Waals surface area contributed by atoms with Gasteiger partial charge in [-0.05, 0) is 40.9 Å². The normalized spacial score (nSPS) is 16.0. The van der Waals surface area contributed by atoms with Gasteiger partial charge < -0.3 is 15.0 Å². The molecule has 0 spiro atoms. The average molecular weight is 468 g/mol. The number of thiocarbonyl (C=S) groups is 1. The Kier molecular flexibility index (Phi) is 7.81. The van der Waals surface area contributed by atoms with Gasteiger partial charge in [0.2, 0.25) is 5.91 Å². The van der Waals surface area contributed by atoms with E-state index >= 15 is 0 Å². The number of piperazine rings is 1. The maximum atomic E-state index is 12.7. The molecule has 1 saturated heterocycles. The van der Waals surface area contributed by atoms with Crippen molar-refractivity contribution in [1.29, 1.82) is 0 Å². The van der Waals surface area contributed by atoms with E-state index < -0.39 is 12.0 Å². The average Bonchev–Trinajstić information content (AvgIpc) is 2.79. The highest BCUT2D eigenvalue weighted by Crippen LogP contribution is 2.22. The largest absolute Gasteiger partial charge is 0.461 e. The van der Waals surface area contributed by atoms with E-state index in [0.29, 0.717) is 18.7 Å². The zero-order valence-electron chi connectivity index (χ0n) is 19.1. The van der Waals surface area contributed by atoms with Gasteiger partial charge in [-0.25, -0.2) is 0 Å². The first-order valence-electron chi connectivity index (χ1n) is 10.8. The first kappa shape index (κ1) is 24.4. The summed E-state index contributed by atoms with van der Waals surface area (Å²) in [4.78, 5) is 39.1. The third kappa shape index (κ3) is 6.61. The van der Waals surface area contributed by atoms with Crippen molar-refractivity contribution in [3.63, 3.8) is 0 Å². The van der Waals surface area contributed by atoms with Gasteiger partial charge in [0.25, 0.3) is 5.91 Å². The van der Waals surface area contributed by atoms with Gasteiger partial charge in [-0.1, -0.05) is 63.2 Å². The Labute approximate surface area is 199 Å². The molecule has 174 valence electrons. The van der Waals surface area contributed by atoms with Gasteiger partial charge in [-0.15, -0.1) is 0 Å². The molecule has 33 heavy (non-hydrogen) atoms. The fourth-order valence-corrected chi connectivity index (χ4v) is 3.79. The highest BCUT2D eigenvalue weighted by molar-refractivity contribution is 7.80. The maximum absolute atomic E-state index is 12.7. The Morgan fingerprint density at radius 2 is 1.79 bits per heavy atom. The third-order valence-electron chi connectivity index (χ3n) is 5.43. The molecule has 0 saturated carbocycles. The van der Waals surface area contributed by atoms with Gasteiger partial charge in [-0.2, -0.15) is 0 Å². The summed E-state index contributed by atoms with van der Waals surface area (Å²) in [6.45, 7) is 7.17. The maximum Gasteiger partial charge on any atom is 0.308 e. The Balaban J connectivity index is 1.61. The minimum absolute atomic E-state index is 0.0200. The number of hydrogen-bond acceptors (Lipinski definition) is 5. The molecule has 8 heteroatoms. The van der Waals surface area contributed by atoms with E-state index in [1.807, 2.05) is 42.5 Å². The number of nitrogens with one attached hydrogen (secondary N) is 2. The van der Waals surface area contributed by atoms with Crippen molar-refractivity contribution >= 4 is 35.1 Å². The van der Waals surface area contributed by atoms with Crippen LogP contribution < -0.4 is 10.6 Å². The van der Waals surface area contributed by atoms with Gasteiger partial charge in [0, 0.05) is 18.7 Å². The van der Waals surface area contributed by atoms with Crippen LogP contribution in [0.1, 0.15) is 48.7 Å². The van der Waals surface area contributed by atoms with Gasteiger partial charge >= 0.3 is 5.97 Å². The standard InChI is InChI=1S/C25H29N3O4S/c1-25(2,3)19-11-9-18(10-12-19)22(30)27-24(33)28-14-13-26-23(31)20(28)15-21(29)32-16-17-7-5-4-6-8-17/h4-12,20H,13-16H2,1-3H3,(H,26,31)(H,27,30,33). The zero-order valence-corrected chi connectivity index (χ0v) is 19.9. The van der Waals surface area contributed by atoms with Gasteiger partial charge in [0.1, 0.15) is 12.6 Å². The first-order chi connectivity index (χ1) is 15.6. The summed E-state index contributed by atoms with van der Waals surface area (Å²) in [5.41, 5.74) is 2.42. The Bertz CT molecular complexity index is 1020. The van der Waals surface area contributed by atoms with E-state index in [1.165, 1.54) is 0 Å². The second-order valence-electron chi connectivity index (χ2n) is 8.94. The number of hydrogen-bond donors (Lipinski definition) is 2. The number of nitrogens with zero attached hydrogens (tertiary/aromatic N) is 1. The molecule has 1 aliphatic heterocycles. The molecule has 3 rings (SSSR count). The van der Waals surface area contributed by atoms with Crippen molar-refractivity contribution in [2.75, 3.05) is 13.1 Å². The van der Waals surface area contributed by atoms with Crippen molar-refractivity contribution in [3.05, 3.63) is 71.3 Å². The van der Waals surface area contributed by atoms with Crippen LogP contribution in [-0.2, 0) is 26.3 Å². The molecule has 7 nitrogen and oxygen atoms in total. The van der Waals surface area contributed by atoms with E-state index in [-0.39, 0.29) is 35.4 Å². The molecule has 1 aliphatic rings. The van der Waals surface area contributed by atoms with Crippen LogP contribution >= 0.6 is 12.2 Å². The fraction of sp³-hybridized carbons (Fsp3) is 0.360. The molecule has 1 unspecified atom stereocenters. The summed E-state index contributed by atoms with van der Waals surface area (Å²) >= 11 is 5.42. The van der Waals surface area contributed by atoms with E-state index in [0.717, 1.165) is 11.1 Å². The molecular formula is C25H29N3O4S. The molecule has 2 aromatic carbocycles. The van der Waals surface area contributed by atoms with E-state index in [2.05, 4.69) is 31.4 Å². The minimum Gasteiger partial charge on any atom is -0.461 e. The van der Waals surface area contributed by atoms with E-state index in [1.54, 1.807) is 17.0 Å². The van der Waals surface area contributed by atoms with Gasteiger partial charge in [0.05, 0.1) is 6.42 Å². The molecule has 2 N–H and O–H groups in total. The lowest BCUT2D eigenvalue weighted by molar-refractivity contribution is -0.148. The quantitative estimate of drug-likeness (QED) is 0.519. The highest BCUT2D eigenvalue weighted by Gasteiger charge is 2.34.